The predicted molar refractivity (Wildman–Crippen MR) is 76.3 cm³/mol. The Bertz CT molecular complexity index is 313. The van der Waals surface area contributed by atoms with Crippen molar-refractivity contribution in [3.05, 3.63) is 0 Å². The van der Waals surface area contributed by atoms with Crippen LogP contribution in [0, 0.1) is 5.92 Å². The molecule has 0 aromatic heterocycles. The van der Waals surface area contributed by atoms with Crippen LogP contribution < -0.4 is 0 Å². The number of nitrogens with zero attached hydrogens (tertiary/aromatic N) is 1. The molecule has 0 N–H and O–H groups in total. The standard InChI is InChI=1S/C15H27NO4/c1-4-6-12(7-5-2)15(18)16-8-9-20-13(11-16)10-14(17)19-3/h12-13H,4-11H2,1-3H3. The molecule has 1 saturated heterocycles. The van der Waals surface area contributed by atoms with Gasteiger partial charge in [0.1, 0.15) is 0 Å². The molecule has 20 heavy (non-hydrogen) atoms. The van der Waals surface area contributed by atoms with Crippen molar-refractivity contribution in [3.8, 4) is 0 Å². The van der Waals surface area contributed by atoms with Crippen LogP contribution in [0.3, 0.4) is 0 Å². The van der Waals surface area contributed by atoms with Crippen LogP contribution in [0.4, 0.5) is 0 Å². The molecule has 1 atom stereocenters. The topological polar surface area (TPSA) is 55.8 Å². The lowest BCUT2D eigenvalue weighted by atomic mass is 9.96. The van der Waals surface area contributed by atoms with Gasteiger partial charge >= 0.3 is 5.97 Å². The van der Waals surface area contributed by atoms with E-state index in [0.717, 1.165) is 25.7 Å². The summed E-state index contributed by atoms with van der Waals surface area (Å²) in [7, 11) is 1.37. The zero-order chi connectivity index (χ0) is 15.0. The summed E-state index contributed by atoms with van der Waals surface area (Å²) in [4.78, 5) is 25.7. The minimum absolute atomic E-state index is 0.113. The summed E-state index contributed by atoms with van der Waals surface area (Å²) in [5, 5.41) is 0. The highest BCUT2D eigenvalue weighted by molar-refractivity contribution is 5.79. The summed E-state index contributed by atoms with van der Waals surface area (Å²) in [5.41, 5.74) is 0. The van der Waals surface area contributed by atoms with Gasteiger partial charge in [-0.15, -0.1) is 0 Å². The summed E-state index contributed by atoms with van der Waals surface area (Å²) in [6.45, 7) is 5.83. The molecule has 1 rings (SSSR count). The zero-order valence-corrected chi connectivity index (χ0v) is 12.9. The summed E-state index contributed by atoms with van der Waals surface area (Å²) in [6.07, 6.45) is 3.90. The third-order valence-electron chi connectivity index (χ3n) is 3.70. The average Bonchev–Trinajstić information content (AvgIpc) is 2.46. The molecule has 1 unspecified atom stereocenters. The summed E-state index contributed by atoms with van der Waals surface area (Å²) < 4.78 is 10.2. The number of amides is 1. The van der Waals surface area contributed by atoms with Gasteiger partial charge in [-0.3, -0.25) is 9.59 Å². The van der Waals surface area contributed by atoms with Crippen LogP contribution in [-0.2, 0) is 19.1 Å². The highest BCUT2D eigenvalue weighted by atomic mass is 16.5. The second-order valence-electron chi connectivity index (χ2n) is 5.33. The van der Waals surface area contributed by atoms with Gasteiger partial charge in [-0.1, -0.05) is 26.7 Å². The van der Waals surface area contributed by atoms with Gasteiger partial charge in [-0.05, 0) is 12.8 Å². The minimum atomic E-state index is -0.289. The SMILES string of the molecule is CCCC(CCC)C(=O)N1CCOC(CC(=O)OC)C1. The monoisotopic (exact) mass is 285 g/mol. The molecular weight excluding hydrogens is 258 g/mol. The van der Waals surface area contributed by atoms with Gasteiger partial charge in [0.2, 0.25) is 5.91 Å². The zero-order valence-electron chi connectivity index (χ0n) is 12.9. The number of hydrogen-bond donors (Lipinski definition) is 0. The van der Waals surface area contributed by atoms with E-state index in [2.05, 4.69) is 18.6 Å². The highest BCUT2D eigenvalue weighted by Crippen LogP contribution is 2.19. The first-order chi connectivity index (χ1) is 9.62. The van der Waals surface area contributed by atoms with Crippen molar-refractivity contribution in [2.75, 3.05) is 26.8 Å². The molecule has 0 spiro atoms. The highest BCUT2D eigenvalue weighted by Gasteiger charge is 2.29. The molecule has 1 fully saturated rings. The first-order valence-corrected chi connectivity index (χ1v) is 7.59. The molecule has 1 aliphatic rings. The second kappa shape index (κ2) is 8.95. The van der Waals surface area contributed by atoms with Crippen molar-refractivity contribution < 1.29 is 19.1 Å². The van der Waals surface area contributed by atoms with Gasteiger partial charge in [0.15, 0.2) is 0 Å². The molecule has 0 bridgehead atoms. The third kappa shape index (κ3) is 5.12. The molecule has 1 amide bonds. The number of rotatable bonds is 7. The summed E-state index contributed by atoms with van der Waals surface area (Å²) in [6, 6.07) is 0. The molecule has 5 nitrogen and oxygen atoms in total. The van der Waals surface area contributed by atoms with Crippen LogP contribution >= 0.6 is 0 Å². The Balaban J connectivity index is 2.55. The maximum absolute atomic E-state index is 12.5. The molecule has 0 aromatic carbocycles. The largest absolute Gasteiger partial charge is 0.469 e. The quantitative estimate of drug-likeness (QED) is 0.671. The average molecular weight is 285 g/mol. The third-order valence-corrected chi connectivity index (χ3v) is 3.70. The normalized spacial score (nSPS) is 19.2. The van der Waals surface area contributed by atoms with Crippen molar-refractivity contribution in [2.24, 2.45) is 5.92 Å². The molecule has 0 aliphatic carbocycles. The molecule has 1 aliphatic heterocycles. The Labute approximate surface area is 121 Å². The molecule has 0 radical (unpaired) electrons. The molecular formula is C15H27NO4. The predicted octanol–water partition coefficient (Wildman–Crippen LogP) is 1.99. The van der Waals surface area contributed by atoms with Crippen LogP contribution in [0.2, 0.25) is 0 Å². The van der Waals surface area contributed by atoms with E-state index in [-0.39, 0.29) is 30.3 Å². The van der Waals surface area contributed by atoms with Gasteiger partial charge in [-0.25, -0.2) is 0 Å². The minimum Gasteiger partial charge on any atom is -0.469 e. The van der Waals surface area contributed by atoms with Crippen LogP contribution in [0.5, 0.6) is 0 Å². The summed E-state index contributed by atoms with van der Waals surface area (Å²) in [5.74, 6) is 0.0386. The Morgan fingerprint density at radius 2 is 1.95 bits per heavy atom. The second-order valence-corrected chi connectivity index (χ2v) is 5.33. The van der Waals surface area contributed by atoms with E-state index >= 15 is 0 Å². The number of morpholine rings is 1. The van der Waals surface area contributed by atoms with E-state index in [1.807, 2.05) is 4.90 Å². The Hall–Kier alpha value is -1.10. The summed E-state index contributed by atoms with van der Waals surface area (Å²) >= 11 is 0. The van der Waals surface area contributed by atoms with Gasteiger partial charge in [0.25, 0.3) is 0 Å². The first kappa shape index (κ1) is 17.0. The van der Waals surface area contributed by atoms with Gasteiger partial charge in [0, 0.05) is 19.0 Å². The fraction of sp³-hybridized carbons (Fsp3) is 0.867. The number of carbonyl (C=O) groups is 2. The lowest BCUT2D eigenvalue weighted by Crippen LogP contribution is -2.48. The number of hydrogen-bond acceptors (Lipinski definition) is 4. The van der Waals surface area contributed by atoms with Crippen molar-refractivity contribution in [1.29, 1.82) is 0 Å². The lowest BCUT2D eigenvalue weighted by molar-refractivity contribution is -0.151. The van der Waals surface area contributed by atoms with E-state index < -0.39 is 0 Å². The van der Waals surface area contributed by atoms with Crippen molar-refractivity contribution in [3.63, 3.8) is 0 Å². The molecule has 5 heteroatoms. The van der Waals surface area contributed by atoms with Crippen molar-refractivity contribution in [2.45, 2.75) is 52.1 Å². The van der Waals surface area contributed by atoms with Crippen LogP contribution in [0.1, 0.15) is 46.0 Å². The number of ether oxygens (including phenoxy) is 2. The van der Waals surface area contributed by atoms with Gasteiger partial charge in [-0.2, -0.15) is 0 Å². The molecule has 116 valence electrons. The molecule has 0 saturated carbocycles. The maximum Gasteiger partial charge on any atom is 0.308 e. The van der Waals surface area contributed by atoms with Crippen LogP contribution in [-0.4, -0.2) is 49.7 Å². The Morgan fingerprint density at radius 1 is 1.30 bits per heavy atom. The van der Waals surface area contributed by atoms with Crippen molar-refractivity contribution in [1.82, 2.24) is 4.90 Å². The first-order valence-electron chi connectivity index (χ1n) is 7.59. The fourth-order valence-corrected chi connectivity index (χ4v) is 2.66. The molecule has 0 aromatic rings. The lowest BCUT2D eigenvalue weighted by Gasteiger charge is -2.34. The number of methoxy groups -OCH3 is 1. The fourth-order valence-electron chi connectivity index (χ4n) is 2.66. The van der Waals surface area contributed by atoms with Crippen LogP contribution in [0.25, 0.3) is 0 Å². The Kier molecular flexibility index (Phi) is 7.59. The number of esters is 1. The Morgan fingerprint density at radius 3 is 2.50 bits per heavy atom. The van der Waals surface area contributed by atoms with Gasteiger partial charge in [0.05, 0.1) is 26.2 Å². The van der Waals surface area contributed by atoms with Gasteiger partial charge < -0.3 is 14.4 Å². The van der Waals surface area contributed by atoms with E-state index in [9.17, 15) is 9.59 Å². The van der Waals surface area contributed by atoms with E-state index in [4.69, 9.17) is 4.74 Å². The van der Waals surface area contributed by atoms with E-state index in [1.54, 1.807) is 0 Å². The smallest absolute Gasteiger partial charge is 0.308 e. The van der Waals surface area contributed by atoms with Crippen molar-refractivity contribution >= 4 is 11.9 Å². The van der Waals surface area contributed by atoms with E-state index in [0.29, 0.717) is 19.7 Å². The van der Waals surface area contributed by atoms with Crippen LogP contribution in [0.15, 0.2) is 0 Å². The van der Waals surface area contributed by atoms with E-state index in [1.165, 1.54) is 7.11 Å². The number of carbonyl (C=O) groups excluding carboxylic acids is 2. The maximum atomic E-state index is 12.5. The molecule has 1 heterocycles.